The quantitative estimate of drug-likeness (QED) is 0.837. The predicted molar refractivity (Wildman–Crippen MR) is 82.8 cm³/mol. The average molecular weight is 288 g/mol. The van der Waals surface area contributed by atoms with Gasteiger partial charge in [0.15, 0.2) is 0 Å². The van der Waals surface area contributed by atoms with Crippen molar-refractivity contribution in [2.75, 3.05) is 12.8 Å². The summed E-state index contributed by atoms with van der Waals surface area (Å²) >= 11 is 0. The molecule has 0 radical (unpaired) electrons. The molecule has 3 N–H and O–H groups in total. The van der Waals surface area contributed by atoms with E-state index >= 15 is 0 Å². The summed E-state index contributed by atoms with van der Waals surface area (Å²) in [6.07, 6.45) is 5.26. The Kier molecular flexibility index (Phi) is 3.66. The first-order valence-corrected chi connectivity index (χ1v) is 7.86. The van der Waals surface area contributed by atoms with E-state index in [0.29, 0.717) is 0 Å². The van der Waals surface area contributed by atoms with Gasteiger partial charge in [-0.15, -0.1) is 0 Å². The Morgan fingerprint density at radius 3 is 2.43 bits per heavy atom. The van der Waals surface area contributed by atoms with Crippen LogP contribution in [0.25, 0.3) is 0 Å². The second kappa shape index (κ2) is 5.34. The number of nitrogens with two attached hydrogens (primary N) is 1. The number of amides is 1. The SMILES string of the molecule is CN(C(=O)C1(c2ccc(N)cc2)CC1)C1CCCCC1O. The second-order valence-electron chi connectivity index (χ2n) is 6.54. The zero-order chi connectivity index (χ0) is 15.0. The molecule has 4 nitrogen and oxygen atoms in total. The summed E-state index contributed by atoms with van der Waals surface area (Å²) in [5, 5.41) is 10.2. The zero-order valence-corrected chi connectivity index (χ0v) is 12.6. The van der Waals surface area contributed by atoms with E-state index in [1.165, 1.54) is 0 Å². The van der Waals surface area contributed by atoms with E-state index in [2.05, 4.69) is 0 Å². The van der Waals surface area contributed by atoms with Crippen LogP contribution in [-0.4, -0.2) is 35.1 Å². The van der Waals surface area contributed by atoms with Gasteiger partial charge < -0.3 is 15.7 Å². The van der Waals surface area contributed by atoms with Crippen LogP contribution in [0, 0.1) is 0 Å². The number of rotatable bonds is 3. The molecule has 2 unspecified atom stereocenters. The molecule has 3 rings (SSSR count). The van der Waals surface area contributed by atoms with Crippen LogP contribution in [0.2, 0.25) is 0 Å². The number of carbonyl (C=O) groups excluding carboxylic acids is 1. The molecular weight excluding hydrogens is 264 g/mol. The molecule has 0 aliphatic heterocycles. The van der Waals surface area contributed by atoms with Gasteiger partial charge in [-0.3, -0.25) is 4.79 Å². The van der Waals surface area contributed by atoms with E-state index in [9.17, 15) is 9.90 Å². The van der Waals surface area contributed by atoms with Crippen LogP contribution in [0.3, 0.4) is 0 Å². The van der Waals surface area contributed by atoms with Gasteiger partial charge in [0, 0.05) is 12.7 Å². The summed E-state index contributed by atoms with van der Waals surface area (Å²) in [6, 6.07) is 7.62. The number of hydrogen-bond donors (Lipinski definition) is 2. The van der Waals surface area contributed by atoms with Crippen LogP contribution in [0.15, 0.2) is 24.3 Å². The molecule has 2 aliphatic rings. The minimum atomic E-state index is -0.380. The maximum absolute atomic E-state index is 12.9. The minimum Gasteiger partial charge on any atom is -0.399 e. The molecule has 1 aromatic carbocycles. The van der Waals surface area contributed by atoms with Gasteiger partial charge in [-0.25, -0.2) is 0 Å². The highest BCUT2D eigenvalue weighted by atomic mass is 16.3. The third-order valence-electron chi connectivity index (χ3n) is 5.13. The summed E-state index contributed by atoms with van der Waals surface area (Å²) in [5.41, 5.74) is 7.13. The smallest absolute Gasteiger partial charge is 0.233 e. The fourth-order valence-corrected chi connectivity index (χ4v) is 3.58. The molecule has 2 aliphatic carbocycles. The fraction of sp³-hybridized carbons (Fsp3) is 0.588. The summed E-state index contributed by atoms with van der Waals surface area (Å²) in [7, 11) is 1.85. The maximum Gasteiger partial charge on any atom is 0.233 e. The molecule has 2 fully saturated rings. The van der Waals surface area contributed by atoms with Crippen molar-refractivity contribution in [3.8, 4) is 0 Å². The lowest BCUT2D eigenvalue weighted by molar-refractivity contribution is -0.138. The van der Waals surface area contributed by atoms with E-state index in [1.807, 2.05) is 31.3 Å². The van der Waals surface area contributed by atoms with Gasteiger partial charge in [-0.1, -0.05) is 25.0 Å². The fourth-order valence-electron chi connectivity index (χ4n) is 3.58. The Balaban J connectivity index is 1.79. The number of nitrogen functional groups attached to an aromatic ring is 1. The summed E-state index contributed by atoms with van der Waals surface area (Å²) in [4.78, 5) is 14.7. The third-order valence-corrected chi connectivity index (χ3v) is 5.13. The normalized spacial score (nSPS) is 27.1. The Hall–Kier alpha value is -1.55. The first kappa shape index (κ1) is 14.4. The monoisotopic (exact) mass is 288 g/mol. The van der Waals surface area contributed by atoms with E-state index < -0.39 is 0 Å². The molecule has 4 heteroatoms. The van der Waals surface area contributed by atoms with Crippen LogP contribution < -0.4 is 5.73 Å². The van der Waals surface area contributed by atoms with Gasteiger partial charge >= 0.3 is 0 Å². The van der Waals surface area contributed by atoms with Crippen LogP contribution in [0.4, 0.5) is 5.69 Å². The number of likely N-dealkylation sites (N-methyl/N-ethyl adjacent to an activating group) is 1. The number of aliphatic hydroxyl groups excluding tert-OH is 1. The second-order valence-corrected chi connectivity index (χ2v) is 6.54. The third kappa shape index (κ3) is 2.53. The largest absolute Gasteiger partial charge is 0.399 e. The van der Waals surface area contributed by atoms with Crippen LogP contribution >= 0.6 is 0 Å². The standard InChI is InChI=1S/C17H24N2O2/c1-19(14-4-2-3-5-15(14)20)16(21)17(10-11-17)12-6-8-13(18)9-7-12/h6-9,14-15,20H,2-5,10-11,18H2,1H3. The summed E-state index contributed by atoms with van der Waals surface area (Å²) in [6.45, 7) is 0. The Morgan fingerprint density at radius 2 is 1.86 bits per heavy atom. The van der Waals surface area contributed by atoms with Crippen molar-refractivity contribution in [1.29, 1.82) is 0 Å². The molecule has 114 valence electrons. The Bertz CT molecular complexity index is 522. The number of carbonyl (C=O) groups is 1. The molecule has 0 heterocycles. The first-order chi connectivity index (χ1) is 10.0. The lowest BCUT2D eigenvalue weighted by Crippen LogP contribution is -2.49. The Labute approximate surface area is 125 Å². The zero-order valence-electron chi connectivity index (χ0n) is 12.6. The van der Waals surface area contributed by atoms with Crippen LogP contribution in [-0.2, 0) is 10.2 Å². The topological polar surface area (TPSA) is 66.6 Å². The first-order valence-electron chi connectivity index (χ1n) is 7.86. The van der Waals surface area contributed by atoms with E-state index in [-0.39, 0.29) is 23.5 Å². The number of hydrogen-bond acceptors (Lipinski definition) is 3. The maximum atomic E-state index is 12.9. The molecule has 1 aromatic rings. The lowest BCUT2D eigenvalue weighted by Gasteiger charge is -2.37. The van der Waals surface area contributed by atoms with Gasteiger partial charge in [0.2, 0.25) is 5.91 Å². The minimum absolute atomic E-state index is 0.0301. The van der Waals surface area contributed by atoms with Crippen molar-refractivity contribution in [3.05, 3.63) is 29.8 Å². The van der Waals surface area contributed by atoms with Crippen LogP contribution in [0.1, 0.15) is 44.1 Å². The average Bonchev–Trinajstić information content (AvgIpc) is 3.29. The van der Waals surface area contributed by atoms with Crippen molar-refractivity contribution in [2.45, 2.75) is 56.1 Å². The highest BCUT2D eigenvalue weighted by Gasteiger charge is 2.53. The highest BCUT2D eigenvalue weighted by Crippen LogP contribution is 2.50. The van der Waals surface area contributed by atoms with Crippen molar-refractivity contribution in [2.24, 2.45) is 0 Å². The van der Waals surface area contributed by atoms with E-state index in [0.717, 1.165) is 49.8 Å². The highest BCUT2D eigenvalue weighted by molar-refractivity contribution is 5.91. The molecule has 0 bridgehead atoms. The number of aliphatic hydroxyl groups is 1. The number of benzene rings is 1. The van der Waals surface area contributed by atoms with Gasteiger partial charge in [0.1, 0.15) is 0 Å². The summed E-state index contributed by atoms with van der Waals surface area (Å²) < 4.78 is 0. The van der Waals surface area contributed by atoms with Crippen molar-refractivity contribution >= 4 is 11.6 Å². The molecular formula is C17H24N2O2. The molecule has 1 amide bonds. The van der Waals surface area contributed by atoms with Gasteiger partial charge in [-0.2, -0.15) is 0 Å². The van der Waals surface area contributed by atoms with Gasteiger partial charge in [-0.05, 0) is 43.4 Å². The Morgan fingerprint density at radius 1 is 1.24 bits per heavy atom. The molecule has 21 heavy (non-hydrogen) atoms. The number of nitrogens with zero attached hydrogens (tertiary/aromatic N) is 1. The summed E-state index contributed by atoms with van der Waals surface area (Å²) in [5.74, 6) is 0.151. The molecule has 2 saturated carbocycles. The van der Waals surface area contributed by atoms with Crippen LogP contribution in [0.5, 0.6) is 0 Å². The number of anilines is 1. The lowest BCUT2D eigenvalue weighted by atomic mass is 9.89. The molecule has 2 atom stereocenters. The van der Waals surface area contributed by atoms with E-state index in [4.69, 9.17) is 5.73 Å². The molecule has 0 spiro atoms. The van der Waals surface area contributed by atoms with Crippen molar-refractivity contribution < 1.29 is 9.90 Å². The van der Waals surface area contributed by atoms with Crippen molar-refractivity contribution in [3.63, 3.8) is 0 Å². The van der Waals surface area contributed by atoms with Gasteiger partial charge in [0.25, 0.3) is 0 Å². The van der Waals surface area contributed by atoms with Crippen molar-refractivity contribution in [1.82, 2.24) is 4.90 Å². The molecule has 0 aromatic heterocycles. The predicted octanol–water partition coefficient (Wildman–Crippen LogP) is 2.06. The van der Waals surface area contributed by atoms with Gasteiger partial charge in [0.05, 0.1) is 17.6 Å². The van der Waals surface area contributed by atoms with E-state index in [1.54, 1.807) is 4.90 Å². The molecule has 0 saturated heterocycles.